The van der Waals surface area contributed by atoms with E-state index in [9.17, 15) is 0 Å². The van der Waals surface area contributed by atoms with Crippen molar-refractivity contribution >= 4 is 34.7 Å². The molecule has 0 bridgehead atoms. The fraction of sp³-hybridized carbons (Fsp3) is 0.562. The van der Waals surface area contributed by atoms with Gasteiger partial charge in [-0.3, -0.25) is 0 Å². The molecule has 1 unspecified atom stereocenters. The number of benzene rings is 1. The third-order valence-electron chi connectivity index (χ3n) is 3.95. The normalized spacial score (nSPS) is 18.8. The summed E-state index contributed by atoms with van der Waals surface area (Å²) in [4.78, 5) is 4.04. The maximum Gasteiger partial charge on any atom is 0.107 e. The molecule has 0 amide bonds. The van der Waals surface area contributed by atoms with Crippen molar-refractivity contribution in [3.63, 3.8) is 0 Å². The minimum atomic E-state index is 0.270. The first kappa shape index (κ1) is 16.6. The molecule has 1 fully saturated rings. The number of hydrogen-bond donors (Lipinski definition) is 2. The molecule has 0 aliphatic carbocycles. The van der Waals surface area contributed by atoms with Gasteiger partial charge in [0.1, 0.15) is 4.99 Å². The third-order valence-corrected chi connectivity index (χ3v) is 5.09. The topological polar surface area (TPSA) is 49.5 Å². The van der Waals surface area contributed by atoms with Gasteiger partial charge in [0.2, 0.25) is 0 Å². The second-order valence-corrected chi connectivity index (χ2v) is 7.16. The van der Waals surface area contributed by atoms with Crippen LogP contribution in [-0.4, -0.2) is 35.5 Å². The summed E-state index contributed by atoms with van der Waals surface area (Å²) >= 11 is 7.08. The molecule has 1 atom stereocenters. The zero-order chi connectivity index (χ0) is 15.2. The highest BCUT2D eigenvalue weighted by Gasteiger charge is 2.23. The van der Waals surface area contributed by atoms with E-state index in [1.54, 1.807) is 11.8 Å². The Balaban J connectivity index is 2.29. The minimum absolute atomic E-state index is 0.270. The van der Waals surface area contributed by atoms with Crippen LogP contribution in [0.3, 0.4) is 0 Å². The number of thioether (sulfide) groups is 1. The van der Waals surface area contributed by atoms with Crippen LogP contribution in [0, 0.1) is 5.92 Å². The first-order valence-electron chi connectivity index (χ1n) is 7.58. The van der Waals surface area contributed by atoms with Gasteiger partial charge in [-0.25, -0.2) is 0 Å². The summed E-state index contributed by atoms with van der Waals surface area (Å²) < 4.78 is 0. The van der Waals surface area contributed by atoms with Gasteiger partial charge in [0.05, 0.1) is 0 Å². The lowest BCUT2D eigenvalue weighted by molar-refractivity contribution is 0.244. The average Bonchev–Trinajstić information content (AvgIpc) is 2.48. The number of thiocarbonyl (C=S) groups is 1. The Bertz CT molecular complexity index is 491. The molecule has 0 aromatic heterocycles. The molecule has 21 heavy (non-hydrogen) atoms. The van der Waals surface area contributed by atoms with Crippen molar-refractivity contribution in [3.8, 4) is 0 Å². The van der Waals surface area contributed by atoms with E-state index < -0.39 is 0 Å². The monoisotopic (exact) mass is 324 g/mol. The molecular weight excluding hydrogens is 300 g/mol. The third kappa shape index (κ3) is 4.11. The van der Waals surface area contributed by atoms with Gasteiger partial charge in [-0.1, -0.05) is 25.2 Å². The SMILES string of the molecule is CCSc1cccc(N2CCCC(CCO)C2)c1C(N)=S. The highest BCUT2D eigenvalue weighted by Crippen LogP contribution is 2.33. The highest BCUT2D eigenvalue weighted by molar-refractivity contribution is 7.99. The lowest BCUT2D eigenvalue weighted by atomic mass is 9.94. The van der Waals surface area contributed by atoms with Gasteiger partial charge in [-0.05, 0) is 43.1 Å². The zero-order valence-corrected chi connectivity index (χ0v) is 14.2. The van der Waals surface area contributed by atoms with Crippen molar-refractivity contribution in [3.05, 3.63) is 23.8 Å². The summed E-state index contributed by atoms with van der Waals surface area (Å²) in [7, 11) is 0. The van der Waals surface area contributed by atoms with Gasteiger partial charge in [0.15, 0.2) is 0 Å². The first-order chi connectivity index (χ1) is 10.2. The van der Waals surface area contributed by atoms with Gasteiger partial charge < -0.3 is 15.7 Å². The Hall–Kier alpha value is -0.780. The van der Waals surface area contributed by atoms with Crippen molar-refractivity contribution < 1.29 is 5.11 Å². The maximum atomic E-state index is 9.17. The average molecular weight is 325 g/mol. The second-order valence-electron chi connectivity index (χ2n) is 5.41. The Morgan fingerprint density at radius 3 is 3.00 bits per heavy atom. The number of anilines is 1. The smallest absolute Gasteiger partial charge is 0.107 e. The number of nitrogens with two attached hydrogens (primary N) is 1. The molecule has 2 rings (SSSR count). The van der Waals surface area contributed by atoms with Crippen molar-refractivity contribution in [2.24, 2.45) is 11.7 Å². The van der Waals surface area contributed by atoms with E-state index in [4.69, 9.17) is 23.1 Å². The number of piperidine rings is 1. The summed E-state index contributed by atoms with van der Waals surface area (Å²) in [5.41, 5.74) is 8.17. The summed E-state index contributed by atoms with van der Waals surface area (Å²) in [5, 5.41) is 9.17. The number of aliphatic hydroxyl groups excluding tert-OH is 1. The van der Waals surface area contributed by atoms with Gasteiger partial charge in [0.25, 0.3) is 0 Å². The van der Waals surface area contributed by atoms with Crippen LogP contribution in [0.1, 0.15) is 31.7 Å². The van der Waals surface area contributed by atoms with Crippen LogP contribution in [0.25, 0.3) is 0 Å². The van der Waals surface area contributed by atoms with Crippen LogP contribution in [0.5, 0.6) is 0 Å². The van der Waals surface area contributed by atoms with E-state index in [-0.39, 0.29) is 6.61 Å². The van der Waals surface area contributed by atoms with Crippen LogP contribution < -0.4 is 10.6 Å². The Morgan fingerprint density at radius 2 is 2.33 bits per heavy atom. The molecule has 116 valence electrons. The fourth-order valence-corrected chi connectivity index (χ4v) is 4.13. The van der Waals surface area contributed by atoms with Crippen molar-refractivity contribution in [1.82, 2.24) is 0 Å². The standard InChI is InChI=1S/C16H24N2OS2/c1-2-21-14-7-3-6-13(15(14)16(17)20)18-9-4-5-12(11-18)8-10-19/h3,6-7,12,19H,2,4-5,8-11H2,1H3,(H2,17,20). The van der Waals surface area contributed by atoms with E-state index >= 15 is 0 Å². The summed E-state index contributed by atoms with van der Waals surface area (Å²) in [6.07, 6.45) is 3.23. The first-order valence-corrected chi connectivity index (χ1v) is 8.98. The Morgan fingerprint density at radius 1 is 1.52 bits per heavy atom. The molecule has 1 saturated heterocycles. The lowest BCUT2D eigenvalue weighted by Crippen LogP contribution is -2.37. The number of hydrogen-bond acceptors (Lipinski definition) is 4. The van der Waals surface area contributed by atoms with E-state index in [2.05, 4.69) is 30.0 Å². The molecule has 0 radical (unpaired) electrons. The quantitative estimate of drug-likeness (QED) is 0.622. The Labute approximate surface area is 136 Å². The van der Waals surface area contributed by atoms with Crippen LogP contribution in [0.2, 0.25) is 0 Å². The van der Waals surface area contributed by atoms with Crippen LogP contribution >= 0.6 is 24.0 Å². The predicted molar refractivity (Wildman–Crippen MR) is 95.4 cm³/mol. The van der Waals surface area contributed by atoms with Crippen LogP contribution in [-0.2, 0) is 0 Å². The summed E-state index contributed by atoms with van der Waals surface area (Å²) in [5.74, 6) is 1.57. The van der Waals surface area contributed by atoms with E-state index in [0.29, 0.717) is 10.9 Å². The highest BCUT2D eigenvalue weighted by atomic mass is 32.2. The van der Waals surface area contributed by atoms with E-state index in [1.807, 2.05) is 0 Å². The molecule has 1 aromatic rings. The van der Waals surface area contributed by atoms with E-state index in [1.165, 1.54) is 11.3 Å². The minimum Gasteiger partial charge on any atom is -0.396 e. The molecular formula is C16H24N2OS2. The number of aliphatic hydroxyl groups is 1. The molecule has 5 heteroatoms. The molecule has 0 spiro atoms. The maximum absolute atomic E-state index is 9.17. The molecule has 3 nitrogen and oxygen atoms in total. The number of rotatable bonds is 6. The molecule has 1 heterocycles. The van der Waals surface area contributed by atoms with Crippen LogP contribution in [0.4, 0.5) is 5.69 Å². The Kier molecular flexibility index (Phi) is 6.33. The fourth-order valence-electron chi connectivity index (χ4n) is 3.01. The van der Waals surface area contributed by atoms with Gasteiger partial charge in [0, 0.05) is 35.8 Å². The van der Waals surface area contributed by atoms with Crippen molar-refractivity contribution in [2.75, 3.05) is 30.3 Å². The van der Waals surface area contributed by atoms with Gasteiger partial charge >= 0.3 is 0 Å². The molecule has 3 N–H and O–H groups in total. The molecule has 1 aromatic carbocycles. The zero-order valence-electron chi connectivity index (χ0n) is 12.5. The summed E-state index contributed by atoms with van der Waals surface area (Å²) in [6, 6.07) is 6.31. The second kappa shape index (κ2) is 8.01. The molecule has 0 saturated carbocycles. The molecule has 1 aliphatic heterocycles. The summed E-state index contributed by atoms with van der Waals surface area (Å²) in [6.45, 7) is 4.43. The van der Waals surface area contributed by atoms with Crippen molar-refractivity contribution in [2.45, 2.75) is 31.1 Å². The largest absolute Gasteiger partial charge is 0.396 e. The number of nitrogens with zero attached hydrogens (tertiary/aromatic N) is 1. The van der Waals surface area contributed by atoms with Crippen LogP contribution in [0.15, 0.2) is 23.1 Å². The van der Waals surface area contributed by atoms with Gasteiger partial charge in [-0.2, -0.15) is 0 Å². The van der Waals surface area contributed by atoms with E-state index in [0.717, 1.165) is 42.9 Å². The van der Waals surface area contributed by atoms with Gasteiger partial charge in [-0.15, -0.1) is 11.8 Å². The predicted octanol–water partition coefficient (Wildman–Crippen LogP) is 3.03. The molecule has 1 aliphatic rings. The lowest BCUT2D eigenvalue weighted by Gasteiger charge is -2.35. The van der Waals surface area contributed by atoms with Crippen molar-refractivity contribution in [1.29, 1.82) is 0 Å².